The van der Waals surface area contributed by atoms with Crippen molar-refractivity contribution >= 4 is 23.2 Å². The van der Waals surface area contributed by atoms with E-state index in [1.807, 2.05) is 25.1 Å². The second-order valence-electron chi connectivity index (χ2n) is 11.4. The number of nitrogens with zero attached hydrogens (tertiary/aromatic N) is 2. The molecule has 1 N–H and O–H groups in total. The van der Waals surface area contributed by atoms with Crippen LogP contribution in [0.2, 0.25) is 0 Å². The number of hydrogen-bond donors (Lipinski definition) is 1. The van der Waals surface area contributed by atoms with E-state index in [0.717, 1.165) is 47.4 Å². The number of benzene rings is 1. The van der Waals surface area contributed by atoms with Crippen molar-refractivity contribution in [2.75, 3.05) is 5.32 Å². The monoisotopic (exact) mass is 625 g/mol. The van der Waals surface area contributed by atoms with Crippen LogP contribution in [0.1, 0.15) is 79.2 Å². The summed E-state index contributed by atoms with van der Waals surface area (Å²) in [6.45, 7) is 5.72. The summed E-state index contributed by atoms with van der Waals surface area (Å²) in [5.41, 5.74) is -1.73. The third kappa shape index (κ3) is 6.78. The number of ether oxygens (including phenoxy) is 1. The zero-order valence-corrected chi connectivity index (χ0v) is 24.8. The van der Waals surface area contributed by atoms with Gasteiger partial charge in [0.15, 0.2) is 0 Å². The predicted molar refractivity (Wildman–Crippen MR) is 153 cm³/mol. The fourth-order valence-electron chi connectivity index (χ4n) is 6.03. The summed E-state index contributed by atoms with van der Waals surface area (Å²) >= 11 is 1.59. The number of amides is 1. The highest BCUT2D eigenvalue weighted by Gasteiger charge is 2.43. The fraction of sp³-hybridized carbons (Fsp3) is 0.484. The molecule has 0 spiro atoms. The van der Waals surface area contributed by atoms with Crippen molar-refractivity contribution in [3.63, 3.8) is 0 Å². The number of carbonyl (C=O) groups is 1. The molecule has 0 radical (unpaired) electrons. The zero-order valence-electron chi connectivity index (χ0n) is 24.0. The van der Waals surface area contributed by atoms with Gasteiger partial charge in [-0.05, 0) is 74.6 Å². The normalized spacial score (nSPS) is 23.0. The van der Waals surface area contributed by atoms with Crippen LogP contribution in [0.4, 0.5) is 37.0 Å². The summed E-state index contributed by atoms with van der Waals surface area (Å²) in [7, 11) is 0. The van der Waals surface area contributed by atoms with Crippen LogP contribution in [-0.2, 0) is 23.6 Å². The second kappa shape index (κ2) is 12.0. The molecular weight excluding hydrogens is 592 g/mol. The predicted octanol–water partition coefficient (Wildman–Crippen LogP) is 9.62. The minimum atomic E-state index is -5.01. The van der Waals surface area contributed by atoms with E-state index < -0.39 is 41.7 Å². The molecule has 2 aliphatic rings. The Bertz CT molecular complexity index is 1440. The quantitative estimate of drug-likeness (QED) is 0.266. The summed E-state index contributed by atoms with van der Waals surface area (Å²) in [6, 6.07) is 6.57. The van der Waals surface area contributed by atoms with Crippen LogP contribution in [0, 0.1) is 12.8 Å². The molecule has 12 heteroatoms. The third-order valence-corrected chi connectivity index (χ3v) is 9.47. The smallest absolute Gasteiger partial charge is 0.416 e. The van der Waals surface area contributed by atoms with Gasteiger partial charge in [-0.1, -0.05) is 26.2 Å². The number of rotatable bonds is 7. The topological polar surface area (TPSA) is 54.5 Å². The number of aryl methyl sites for hydroxylation is 1. The minimum absolute atomic E-state index is 0.0125. The van der Waals surface area contributed by atoms with Crippen LogP contribution in [0.3, 0.4) is 0 Å². The Labute approximate surface area is 250 Å². The van der Waals surface area contributed by atoms with E-state index in [9.17, 15) is 31.1 Å². The van der Waals surface area contributed by atoms with Crippen LogP contribution < -0.4 is 5.32 Å². The number of halogens is 6. The van der Waals surface area contributed by atoms with Crippen LogP contribution >= 0.6 is 11.3 Å². The zero-order chi connectivity index (χ0) is 31.1. The Morgan fingerprint density at radius 3 is 2.30 bits per heavy atom. The lowest BCUT2D eigenvalue weighted by molar-refractivity contribution is -0.143. The molecule has 1 aromatic carbocycles. The average molecular weight is 626 g/mol. The average Bonchev–Trinajstić information content (AvgIpc) is 3.51. The number of pyridine rings is 1. The van der Waals surface area contributed by atoms with Crippen LogP contribution in [0.25, 0.3) is 10.4 Å². The molecule has 2 fully saturated rings. The fourth-order valence-corrected chi connectivity index (χ4v) is 6.88. The number of anilines is 1. The number of carbonyl (C=O) groups excluding carboxylic acids is 1. The molecule has 3 heterocycles. The maximum atomic E-state index is 13.5. The van der Waals surface area contributed by atoms with Crippen molar-refractivity contribution in [1.29, 1.82) is 0 Å². The molecule has 2 unspecified atom stereocenters. The Hall–Kier alpha value is -3.28. The Morgan fingerprint density at radius 2 is 1.70 bits per heavy atom. The first-order valence-corrected chi connectivity index (χ1v) is 15.1. The lowest BCUT2D eigenvalue weighted by Crippen LogP contribution is -2.34. The van der Waals surface area contributed by atoms with E-state index in [4.69, 9.17) is 9.72 Å². The molecule has 1 saturated heterocycles. The number of thiophene rings is 1. The molecule has 1 aliphatic carbocycles. The molecule has 1 saturated carbocycles. The third-order valence-electron chi connectivity index (χ3n) is 8.42. The van der Waals surface area contributed by atoms with Gasteiger partial charge >= 0.3 is 18.4 Å². The molecule has 3 aromatic rings. The van der Waals surface area contributed by atoms with E-state index in [0.29, 0.717) is 29.4 Å². The van der Waals surface area contributed by atoms with Crippen molar-refractivity contribution in [3.8, 4) is 10.4 Å². The number of cyclic esters (lactones) is 1. The molecule has 1 amide bonds. The van der Waals surface area contributed by atoms with E-state index in [1.54, 1.807) is 24.5 Å². The van der Waals surface area contributed by atoms with Crippen molar-refractivity contribution in [2.45, 2.75) is 90.0 Å². The number of alkyl halides is 6. The lowest BCUT2D eigenvalue weighted by Gasteiger charge is -2.33. The highest BCUT2D eigenvalue weighted by molar-refractivity contribution is 7.15. The first-order valence-electron chi connectivity index (χ1n) is 14.3. The lowest BCUT2D eigenvalue weighted by atomic mass is 9.83. The van der Waals surface area contributed by atoms with Gasteiger partial charge in [0.25, 0.3) is 0 Å². The SMILES string of the molecule is CCC1CCCCC1Nc1ncc(-c2ccc(C)s2)cc1CN1C(=O)O[C@H](c2cc(C(F)(F)F)cc(C(F)(F)F)c2)[C@@H]1C. The maximum Gasteiger partial charge on any atom is 0.416 e. The summed E-state index contributed by atoms with van der Waals surface area (Å²) in [5.74, 6) is 1.07. The summed E-state index contributed by atoms with van der Waals surface area (Å²) in [5, 5.41) is 3.59. The maximum absolute atomic E-state index is 13.5. The van der Waals surface area contributed by atoms with Crippen molar-refractivity contribution in [3.05, 3.63) is 69.7 Å². The Balaban J connectivity index is 1.48. The molecule has 4 atom stereocenters. The Morgan fingerprint density at radius 1 is 1.02 bits per heavy atom. The van der Waals surface area contributed by atoms with Gasteiger partial charge in [-0.2, -0.15) is 26.3 Å². The first kappa shape index (κ1) is 31.2. The molecule has 43 heavy (non-hydrogen) atoms. The van der Waals surface area contributed by atoms with E-state index in [2.05, 4.69) is 12.2 Å². The standard InChI is InChI=1S/C31H33F6N3O2S/c1-4-19-7-5-6-8-25(19)39-28-22(11-21(15-38-28)26-10-9-17(2)43-26)16-40-18(3)27(42-29(40)41)20-12-23(30(32,33)34)14-24(13-20)31(35,36)37/h9-15,18-19,25,27H,4-8,16H2,1-3H3,(H,38,39)/t18-,19?,25?,27-/m0/s1. The summed E-state index contributed by atoms with van der Waals surface area (Å²) in [4.78, 5) is 21.3. The van der Waals surface area contributed by atoms with Gasteiger partial charge in [-0.15, -0.1) is 11.3 Å². The summed E-state index contributed by atoms with van der Waals surface area (Å²) < 4.78 is 86.6. The molecule has 1 aliphatic heterocycles. The van der Waals surface area contributed by atoms with E-state index in [1.165, 1.54) is 4.90 Å². The van der Waals surface area contributed by atoms with Crippen LogP contribution in [-0.4, -0.2) is 28.1 Å². The van der Waals surface area contributed by atoms with E-state index >= 15 is 0 Å². The van der Waals surface area contributed by atoms with Gasteiger partial charge in [-0.3, -0.25) is 4.90 Å². The Kier molecular flexibility index (Phi) is 8.70. The molecule has 2 aromatic heterocycles. The largest absolute Gasteiger partial charge is 0.439 e. The number of aromatic nitrogens is 1. The van der Waals surface area contributed by atoms with Gasteiger partial charge in [0.05, 0.1) is 23.7 Å². The van der Waals surface area contributed by atoms with Gasteiger partial charge < -0.3 is 10.1 Å². The minimum Gasteiger partial charge on any atom is -0.439 e. The van der Waals surface area contributed by atoms with E-state index in [-0.39, 0.29) is 24.2 Å². The molecule has 5 rings (SSSR count). The van der Waals surface area contributed by atoms with Crippen LogP contribution in [0.5, 0.6) is 0 Å². The first-order chi connectivity index (χ1) is 20.2. The van der Waals surface area contributed by atoms with Crippen molar-refractivity contribution < 1.29 is 35.9 Å². The highest BCUT2D eigenvalue weighted by Crippen LogP contribution is 2.42. The molecular formula is C31H33F6N3O2S. The highest BCUT2D eigenvalue weighted by atomic mass is 32.1. The molecule has 5 nitrogen and oxygen atoms in total. The molecule has 0 bridgehead atoms. The number of hydrogen-bond acceptors (Lipinski definition) is 5. The van der Waals surface area contributed by atoms with Crippen molar-refractivity contribution in [2.24, 2.45) is 5.92 Å². The molecule has 232 valence electrons. The van der Waals surface area contributed by atoms with Crippen LogP contribution in [0.15, 0.2) is 42.6 Å². The summed E-state index contributed by atoms with van der Waals surface area (Å²) in [6.07, 6.45) is -5.06. The van der Waals surface area contributed by atoms with Crippen molar-refractivity contribution in [1.82, 2.24) is 9.88 Å². The van der Waals surface area contributed by atoms with Gasteiger partial charge in [-0.25, -0.2) is 9.78 Å². The van der Waals surface area contributed by atoms with Gasteiger partial charge in [0, 0.05) is 33.1 Å². The number of nitrogens with one attached hydrogen (secondary N) is 1. The van der Waals surface area contributed by atoms with Gasteiger partial charge in [0.2, 0.25) is 0 Å². The van der Waals surface area contributed by atoms with Gasteiger partial charge in [0.1, 0.15) is 11.9 Å². The second-order valence-corrected chi connectivity index (χ2v) is 12.6.